The number of hydrogen-bond donors (Lipinski definition) is 1. The van der Waals surface area contributed by atoms with Gasteiger partial charge < -0.3 is 20.0 Å². The maximum absolute atomic E-state index is 12.6. The lowest BCUT2D eigenvalue weighted by Crippen LogP contribution is -2.48. The fourth-order valence-corrected chi connectivity index (χ4v) is 4.11. The van der Waals surface area contributed by atoms with E-state index >= 15 is 0 Å². The SMILES string of the molecule is CCNc1cc(N2CCCC(CCC(=O)N3CCN(CC)CC3)C2)ncn1. The van der Waals surface area contributed by atoms with Crippen LogP contribution in [0, 0.1) is 5.92 Å². The summed E-state index contributed by atoms with van der Waals surface area (Å²) in [5, 5.41) is 3.25. The van der Waals surface area contributed by atoms with Gasteiger partial charge >= 0.3 is 0 Å². The fraction of sp³-hybridized carbons (Fsp3) is 0.750. The first-order chi connectivity index (χ1) is 13.2. The summed E-state index contributed by atoms with van der Waals surface area (Å²) in [6.07, 6.45) is 5.66. The number of carbonyl (C=O) groups excluding carboxylic acids is 1. The number of nitrogens with zero attached hydrogens (tertiary/aromatic N) is 5. The van der Waals surface area contributed by atoms with E-state index in [4.69, 9.17) is 0 Å². The van der Waals surface area contributed by atoms with Crippen LogP contribution in [0.4, 0.5) is 11.6 Å². The van der Waals surface area contributed by atoms with E-state index in [0.29, 0.717) is 18.2 Å². The number of nitrogens with one attached hydrogen (secondary N) is 1. The number of hydrogen-bond acceptors (Lipinski definition) is 6. The molecule has 0 spiro atoms. The number of aromatic nitrogens is 2. The molecule has 1 unspecified atom stereocenters. The van der Waals surface area contributed by atoms with Crippen LogP contribution in [0.2, 0.25) is 0 Å². The number of likely N-dealkylation sites (N-methyl/N-ethyl adjacent to an activating group) is 1. The number of anilines is 2. The third-order valence-electron chi connectivity index (χ3n) is 5.79. The van der Waals surface area contributed by atoms with Gasteiger partial charge in [0.25, 0.3) is 0 Å². The molecule has 3 rings (SSSR count). The summed E-state index contributed by atoms with van der Waals surface area (Å²) >= 11 is 0. The number of rotatable bonds is 7. The lowest BCUT2D eigenvalue weighted by Gasteiger charge is -2.35. The van der Waals surface area contributed by atoms with Gasteiger partial charge in [-0.15, -0.1) is 0 Å². The van der Waals surface area contributed by atoms with Crippen molar-refractivity contribution in [3.05, 3.63) is 12.4 Å². The molecule has 0 saturated carbocycles. The predicted molar refractivity (Wildman–Crippen MR) is 109 cm³/mol. The van der Waals surface area contributed by atoms with Crippen LogP contribution in [0.5, 0.6) is 0 Å². The van der Waals surface area contributed by atoms with Crippen LogP contribution in [0.3, 0.4) is 0 Å². The van der Waals surface area contributed by atoms with Gasteiger partial charge in [-0.25, -0.2) is 9.97 Å². The van der Waals surface area contributed by atoms with Gasteiger partial charge in [-0.05, 0) is 38.6 Å². The Balaban J connectivity index is 1.47. The Hall–Kier alpha value is -1.89. The number of amides is 1. The molecule has 3 heterocycles. The molecule has 0 bridgehead atoms. The van der Waals surface area contributed by atoms with E-state index < -0.39 is 0 Å². The molecule has 150 valence electrons. The monoisotopic (exact) mass is 374 g/mol. The number of carbonyl (C=O) groups is 1. The van der Waals surface area contributed by atoms with E-state index in [1.807, 2.05) is 6.07 Å². The zero-order chi connectivity index (χ0) is 19.1. The summed E-state index contributed by atoms with van der Waals surface area (Å²) in [5.41, 5.74) is 0. The normalized spacial score (nSPS) is 21.3. The van der Waals surface area contributed by atoms with Crippen LogP contribution >= 0.6 is 0 Å². The van der Waals surface area contributed by atoms with Crippen molar-refractivity contribution in [1.82, 2.24) is 19.8 Å². The average molecular weight is 375 g/mol. The van der Waals surface area contributed by atoms with Crippen LogP contribution in [-0.2, 0) is 4.79 Å². The lowest BCUT2D eigenvalue weighted by molar-refractivity contribution is -0.133. The summed E-state index contributed by atoms with van der Waals surface area (Å²) in [4.78, 5) is 28.1. The average Bonchev–Trinajstić information content (AvgIpc) is 2.73. The first kappa shape index (κ1) is 19.9. The van der Waals surface area contributed by atoms with Gasteiger partial charge in [-0.3, -0.25) is 4.79 Å². The van der Waals surface area contributed by atoms with Crippen molar-refractivity contribution in [2.75, 3.05) is 62.6 Å². The fourth-order valence-electron chi connectivity index (χ4n) is 4.11. The molecule has 1 aromatic heterocycles. The highest BCUT2D eigenvalue weighted by Crippen LogP contribution is 2.25. The Morgan fingerprint density at radius 3 is 2.74 bits per heavy atom. The molecule has 1 amide bonds. The Labute approximate surface area is 163 Å². The molecule has 2 aliphatic rings. The second kappa shape index (κ2) is 9.88. The molecule has 7 nitrogen and oxygen atoms in total. The molecule has 7 heteroatoms. The third kappa shape index (κ3) is 5.54. The van der Waals surface area contributed by atoms with Crippen LogP contribution in [0.15, 0.2) is 12.4 Å². The quantitative estimate of drug-likeness (QED) is 0.788. The van der Waals surface area contributed by atoms with E-state index in [2.05, 4.69) is 43.8 Å². The standard InChI is InChI=1S/C20H34N6O/c1-3-21-18-14-19(23-16-22-18)26-9-5-6-17(15-26)7-8-20(27)25-12-10-24(4-2)11-13-25/h14,16-17H,3-13,15H2,1-2H3,(H,21,22,23). The van der Waals surface area contributed by atoms with Gasteiger partial charge in [-0.1, -0.05) is 6.92 Å². The Bertz CT molecular complexity index is 602. The van der Waals surface area contributed by atoms with E-state index in [1.54, 1.807) is 6.33 Å². The molecular weight excluding hydrogens is 340 g/mol. The first-order valence-corrected chi connectivity index (χ1v) is 10.5. The summed E-state index contributed by atoms with van der Waals surface area (Å²) in [6, 6.07) is 2.03. The van der Waals surface area contributed by atoms with Gasteiger partial charge in [0.05, 0.1) is 0 Å². The second-order valence-corrected chi connectivity index (χ2v) is 7.60. The van der Waals surface area contributed by atoms with Crippen molar-refractivity contribution < 1.29 is 4.79 Å². The Morgan fingerprint density at radius 2 is 2.00 bits per heavy atom. The molecule has 2 fully saturated rings. The molecule has 2 aliphatic heterocycles. The third-order valence-corrected chi connectivity index (χ3v) is 5.79. The van der Waals surface area contributed by atoms with Crippen molar-refractivity contribution >= 4 is 17.5 Å². The lowest BCUT2D eigenvalue weighted by atomic mass is 9.93. The Kier molecular flexibility index (Phi) is 7.26. The highest BCUT2D eigenvalue weighted by Gasteiger charge is 2.24. The topological polar surface area (TPSA) is 64.6 Å². The zero-order valence-electron chi connectivity index (χ0n) is 16.9. The maximum Gasteiger partial charge on any atom is 0.222 e. The van der Waals surface area contributed by atoms with Gasteiger partial charge in [0, 0.05) is 58.3 Å². The van der Waals surface area contributed by atoms with E-state index in [0.717, 1.165) is 76.8 Å². The minimum absolute atomic E-state index is 0.333. The van der Waals surface area contributed by atoms with Crippen LogP contribution in [0.1, 0.15) is 39.5 Å². The summed E-state index contributed by atoms with van der Waals surface area (Å²) in [6.45, 7) is 12.0. The van der Waals surface area contributed by atoms with Crippen LogP contribution in [-0.4, -0.2) is 78.0 Å². The first-order valence-electron chi connectivity index (χ1n) is 10.5. The van der Waals surface area contributed by atoms with Crippen molar-refractivity contribution in [2.24, 2.45) is 5.92 Å². The number of piperidine rings is 1. The second-order valence-electron chi connectivity index (χ2n) is 7.60. The smallest absolute Gasteiger partial charge is 0.222 e. The molecule has 1 N–H and O–H groups in total. The zero-order valence-corrected chi connectivity index (χ0v) is 16.9. The van der Waals surface area contributed by atoms with Crippen molar-refractivity contribution in [3.8, 4) is 0 Å². The highest BCUT2D eigenvalue weighted by molar-refractivity contribution is 5.76. The van der Waals surface area contributed by atoms with Gasteiger partial charge in [-0.2, -0.15) is 0 Å². The predicted octanol–water partition coefficient (Wildman–Crippen LogP) is 2.07. The van der Waals surface area contributed by atoms with Crippen LogP contribution in [0.25, 0.3) is 0 Å². The van der Waals surface area contributed by atoms with E-state index in [1.165, 1.54) is 6.42 Å². The summed E-state index contributed by atoms with van der Waals surface area (Å²) < 4.78 is 0. The van der Waals surface area contributed by atoms with E-state index in [9.17, 15) is 4.79 Å². The van der Waals surface area contributed by atoms with Gasteiger partial charge in [0.1, 0.15) is 18.0 Å². The summed E-state index contributed by atoms with van der Waals surface area (Å²) in [7, 11) is 0. The summed E-state index contributed by atoms with van der Waals surface area (Å²) in [5.74, 6) is 2.77. The number of piperazine rings is 1. The van der Waals surface area contributed by atoms with E-state index in [-0.39, 0.29) is 0 Å². The molecule has 27 heavy (non-hydrogen) atoms. The van der Waals surface area contributed by atoms with Crippen LogP contribution < -0.4 is 10.2 Å². The largest absolute Gasteiger partial charge is 0.370 e. The highest BCUT2D eigenvalue weighted by atomic mass is 16.2. The molecule has 2 saturated heterocycles. The maximum atomic E-state index is 12.6. The molecule has 1 aromatic rings. The van der Waals surface area contributed by atoms with Gasteiger partial charge in [0.15, 0.2) is 0 Å². The van der Waals surface area contributed by atoms with Crippen molar-refractivity contribution in [2.45, 2.75) is 39.5 Å². The molecule has 0 radical (unpaired) electrons. The minimum atomic E-state index is 0.333. The molecular formula is C20H34N6O. The van der Waals surface area contributed by atoms with Gasteiger partial charge in [0.2, 0.25) is 5.91 Å². The Morgan fingerprint density at radius 1 is 1.19 bits per heavy atom. The molecule has 0 aromatic carbocycles. The van der Waals surface area contributed by atoms with Crippen molar-refractivity contribution in [1.29, 1.82) is 0 Å². The van der Waals surface area contributed by atoms with Crippen molar-refractivity contribution in [3.63, 3.8) is 0 Å². The molecule has 0 aliphatic carbocycles. The molecule has 1 atom stereocenters. The minimum Gasteiger partial charge on any atom is -0.370 e.